The molecule has 0 amide bonds. The van der Waals surface area contributed by atoms with Crippen LogP contribution in [0.15, 0.2) is 18.2 Å². The van der Waals surface area contributed by atoms with Gasteiger partial charge in [-0.15, -0.1) is 12.4 Å². The number of hydrogen-bond donors (Lipinski definition) is 2. The lowest BCUT2D eigenvalue weighted by molar-refractivity contribution is 0.157. The lowest BCUT2D eigenvalue weighted by Gasteiger charge is -2.34. The number of hydrogen-bond acceptors (Lipinski definition) is 3. The third kappa shape index (κ3) is 4.03. The highest BCUT2D eigenvalue weighted by atomic mass is 35.5. The van der Waals surface area contributed by atoms with Gasteiger partial charge in [0.25, 0.3) is 0 Å². The molecule has 0 unspecified atom stereocenters. The van der Waals surface area contributed by atoms with Gasteiger partial charge in [-0.1, -0.05) is 6.07 Å². The second-order valence-corrected chi connectivity index (χ2v) is 4.49. The molecular weight excluding hydrogens is 274 g/mol. The van der Waals surface area contributed by atoms with Crippen molar-refractivity contribution in [1.29, 1.82) is 0 Å². The molecule has 0 radical (unpaired) electrons. The molecule has 6 heteroatoms. The average molecular weight is 293 g/mol. The molecular formula is C13H19ClF2N2O. The largest absolute Gasteiger partial charge is 0.505 e. The summed E-state index contributed by atoms with van der Waals surface area (Å²) in [5, 5.41) is 12.4. The maximum atomic E-state index is 13.4. The molecule has 1 aliphatic heterocycles. The number of aromatic hydroxyl groups is 1. The molecule has 1 aromatic carbocycles. The Hall–Kier alpha value is -0.910. The van der Waals surface area contributed by atoms with E-state index in [0.717, 1.165) is 31.7 Å². The van der Waals surface area contributed by atoms with Crippen LogP contribution in [0.3, 0.4) is 0 Å². The van der Waals surface area contributed by atoms with Gasteiger partial charge in [0.1, 0.15) is 0 Å². The highest BCUT2D eigenvalue weighted by Crippen LogP contribution is 2.28. The van der Waals surface area contributed by atoms with Crippen LogP contribution in [0.25, 0.3) is 0 Å². The van der Waals surface area contributed by atoms with Crippen molar-refractivity contribution in [2.75, 3.05) is 32.9 Å². The van der Waals surface area contributed by atoms with Crippen molar-refractivity contribution in [3.8, 4) is 5.75 Å². The van der Waals surface area contributed by atoms with Crippen molar-refractivity contribution in [3.05, 3.63) is 29.6 Å². The predicted octanol–water partition coefficient (Wildman–Crippen LogP) is 2.26. The standard InChI is InChI=1S/C13H18F2N2O.ClH/c14-4-3-12(17-7-5-16-6-8-17)10-1-2-13(18)11(15)9-10;/h1-2,9,12,16,18H,3-8H2;1H/t12-;/m0./s1. The number of phenolic OH excluding ortho intramolecular Hbond substituents is 1. The van der Waals surface area contributed by atoms with E-state index in [-0.39, 0.29) is 24.2 Å². The maximum absolute atomic E-state index is 13.4. The molecule has 0 aromatic heterocycles. The van der Waals surface area contributed by atoms with Crippen LogP contribution in [0.2, 0.25) is 0 Å². The van der Waals surface area contributed by atoms with E-state index in [2.05, 4.69) is 10.2 Å². The Balaban J connectivity index is 0.00000180. The molecule has 3 nitrogen and oxygen atoms in total. The zero-order chi connectivity index (χ0) is 13.0. The van der Waals surface area contributed by atoms with Crippen LogP contribution in [0.5, 0.6) is 5.75 Å². The quantitative estimate of drug-likeness (QED) is 0.893. The number of phenols is 1. The molecule has 1 saturated heterocycles. The van der Waals surface area contributed by atoms with E-state index >= 15 is 0 Å². The Morgan fingerprint density at radius 3 is 2.58 bits per heavy atom. The van der Waals surface area contributed by atoms with E-state index in [9.17, 15) is 13.9 Å². The molecule has 108 valence electrons. The van der Waals surface area contributed by atoms with Gasteiger partial charge in [0.05, 0.1) is 6.67 Å². The zero-order valence-corrected chi connectivity index (χ0v) is 11.4. The van der Waals surface area contributed by atoms with Crippen molar-refractivity contribution in [3.63, 3.8) is 0 Å². The van der Waals surface area contributed by atoms with Crippen LogP contribution in [0.4, 0.5) is 8.78 Å². The van der Waals surface area contributed by atoms with Gasteiger partial charge in [-0.3, -0.25) is 9.29 Å². The first kappa shape index (κ1) is 16.1. The van der Waals surface area contributed by atoms with Gasteiger partial charge < -0.3 is 10.4 Å². The highest BCUT2D eigenvalue weighted by molar-refractivity contribution is 5.85. The third-order valence-electron chi connectivity index (χ3n) is 3.33. The van der Waals surface area contributed by atoms with Crippen LogP contribution < -0.4 is 5.32 Å². The van der Waals surface area contributed by atoms with E-state index < -0.39 is 12.5 Å². The summed E-state index contributed by atoms with van der Waals surface area (Å²) in [6.45, 7) is 2.95. The minimum atomic E-state index is -0.647. The lowest BCUT2D eigenvalue weighted by atomic mass is 10.0. The molecule has 0 spiro atoms. The van der Waals surface area contributed by atoms with Gasteiger partial charge in [0.15, 0.2) is 11.6 Å². The summed E-state index contributed by atoms with van der Waals surface area (Å²) in [6.07, 6.45) is 0.351. The molecule has 0 saturated carbocycles. The van der Waals surface area contributed by atoms with Gasteiger partial charge >= 0.3 is 0 Å². The van der Waals surface area contributed by atoms with Crippen molar-refractivity contribution in [1.82, 2.24) is 10.2 Å². The number of halogens is 3. The number of nitrogens with zero attached hydrogens (tertiary/aromatic N) is 1. The van der Waals surface area contributed by atoms with Gasteiger partial charge in [0.2, 0.25) is 0 Å². The molecule has 1 heterocycles. The molecule has 2 rings (SSSR count). The van der Waals surface area contributed by atoms with Crippen molar-refractivity contribution in [2.45, 2.75) is 12.5 Å². The minimum Gasteiger partial charge on any atom is -0.505 e. The first-order chi connectivity index (χ1) is 8.72. The van der Waals surface area contributed by atoms with E-state index in [1.165, 1.54) is 12.1 Å². The first-order valence-corrected chi connectivity index (χ1v) is 6.21. The van der Waals surface area contributed by atoms with Crippen LogP contribution in [0, 0.1) is 5.82 Å². The second kappa shape index (κ2) is 7.62. The van der Waals surface area contributed by atoms with E-state index in [1.54, 1.807) is 6.07 Å². The monoisotopic (exact) mass is 292 g/mol. The highest BCUT2D eigenvalue weighted by Gasteiger charge is 2.22. The summed E-state index contributed by atoms with van der Waals surface area (Å²) in [6, 6.07) is 4.18. The molecule has 1 aromatic rings. The predicted molar refractivity (Wildman–Crippen MR) is 73.1 cm³/mol. The van der Waals surface area contributed by atoms with Crippen molar-refractivity contribution in [2.24, 2.45) is 0 Å². The topological polar surface area (TPSA) is 35.5 Å². The van der Waals surface area contributed by atoms with Crippen LogP contribution in [-0.4, -0.2) is 42.9 Å². The van der Waals surface area contributed by atoms with Gasteiger partial charge in [-0.05, 0) is 24.1 Å². The molecule has 2 N–H and O–H groups in total. The SMILES string of the molecule is Cl.Oc1ccc([C@H](CCF)N2CCNCC2)cc1F. The number of rotatable bonds is 4. The van der Waals surface area contributed by atoms with Crippen LogP contribution in [-0.2, 0) is 0 Å². The van der Waals surface area contributed by atoms with Crippen LogP contribution >= 0.6 is 12.4 Å². The Kier molecular flexibility index (Phi) is 6.48. The number of alkyl halides is 1. The molecule has 1 fully saturated rings. The fraction of sp³-hybridized carbons (Fsp3) is 0.538. The summed E-state index contributed by atoms with van der Waals surface area (Å²) in [4.78, 5) is 2.15. The van der Waals surface area contributed by atoms with Crippen molar-refractivity contribution >= 4 is 12.4 Å². The molecule has 0 bridgehead atoms. The fourth-order valence-electron chi connectivity index (χ4n) is 2.39. The van der Waals surface area contributed by atoms with Gasteiger partial charge in [-0.25, -0.2) is 4.39 Å². The molecule has 1 aliphatic rings. The second-order valence-electron chi connectivity index (χ2n) is 4.49. The number of piperazine rings is 1. The maximum Gasteiger partial charge on any atom is 0.165 e. The third-order valence-corrected chi connectivity index (χ3v) is 3.33. The average Bonchev–Trinajstić information content (AvgIpc) is 2.40. The Morgan fingerprint density at radius 2 is 2.00 bits per heavy atom. The van der Waals surface area contributed by atoms with Crippen molar-refractivity contribution < 1.29 is 13.9 Å². The number of nitrogens with one attached hydrogen (secondary N) is 1. The first-order valence-electron chi connectivity index (χ1n) is 6.21. The fourth-order valence-corrected chi connectivity index (χ4v) is 2.39. The van der Waals surface area contributed by atoms with E-state index in [4.69, 9.17) is 0 Å². The smallest absolute Gasteiger partial charge is 0.165 e. The lowest BCUT2D eigenvalue weighted by Crippen LogP contribution is -2.45. The van der Waals surface area contributed by atoms with E-state index in [0.29, 0.717) is 6.42 Å². The van der Waals surface area contributed by atoms with Gasteiger partial charge in [0, 0.05) is 32.2 Å². The van der Waals surface area contributed by atoms with Crippen LogP contribution in [0.1, 0.15) is 18.0 Å². The Bertz CT molecular complexity index is 400. The zero-order valence-electron chi connectivity index (χ0n) is 10.6. The van der Waals surface area contributed by atoms with E-state index in [1.807, 2.05) is 0 Å². The minimum absolute atomic E-state index is 0. The van der Waals surface area contributed by atoms with Gasteiger partial charge in [-0.2, -0.15) is 0 Å². The summed E-state index contributed by atoms with van der Waals surface area (Å²) in [7, 11) is 0. The summed E-state index contributed by atoms with van der Waals surface area (Å²) < 4.78 is 26.1. The summed E-state index contributed by atoms with van der Waals surface area (Å²) in [5.41, 5.74) is 0.727. The molecule has 1 atom stereocenters. The number of benzene rings is 1. The summed E-state index contributed by atoms with van der Waals surface area (Å²) in [5.74, 6) is -1.01. The normalized spacial score (nSPS) is 17.8. The molecule has 0 aliphatic carbocycles. The summed E-state index contributed by atoms with van der Waals surface area (Å²) >= 11 is 0. The Morgan fingerprint density at radius 1 is 1.32 bits per heavy atom. The Labute approximate surface area is 118 Å². The molecule has 19 heavy (non-hydrogen) atoms.